The molecule has 2 aliphatic rings. The predicted molar refractivity (Wildman–Crippen MR) is 121 cm³/mol. The first-order chi connectivity index (χ1) is 16.0. The zero-order chi connectivity index (χ0) is 22.9. The van der Waals surface area contributed by atoms with E-state index in [1.54, 1.807) is 10.7 Å². The lowest BCUT2D eigenvalue weighted by molar-refractivity contribution is -0.119. The average Bonchev–Trinajstić information content (AvgIpc) is 3.48. The largest absolute Gasteiger partial charge is 0.473 e. The van der Waals surface area contributed by atoms with Crippen LogP contribution in [0.15, 0.2) is 42.7 Å². The Bertz CT molecular complexity index is 1170. The number of amides is 2. The molecular weight excluding hydrogens is 424 g/mol. The number of rotatable bonds is 5. The van der Waals surface area contributed by atoms with E-state index in [4.69, 9.17) is 14.8 Å². The van der Waals surface area contributed by atoms with Crippen LogP contribution in [0.3, 0.4) is 0 Å². The van der Waals surface area contributed by atoms with Crippen LogP contribution in [0.5, 0.6) is 5.88 Å². The van der Waals surface area contributed by atoms with Crippen LogP contribution in [0.25, 0.3) is 16.8 Å². The minimum absolute atomic E-state index is 0.0520. The van der Waals surface area contributed by atoms with E-state index in [-0.39, 0.29) is 17.9 Å². The molecule has 2 saturated heterocycles. The molecule has 2 amide bonds. The summed E-state index contributed by atoms with van der Waals surface area (Å²) in [6, 6.07) is 9.92. The maximum absolute atomic E-state index is 11.6. The number of nitrogens with zero attached hydrogens (tertiary/aromatic N) is 5. The molecular formula is C23H26N6O4. The zero-order valence-corrected chi connectivity index (χ0v) is 18.3. The van der Waals surface area contributed by atoms with Crippen molar-refractivity contribution in [1.29, 1.82) is 0 Å². The van der Waals surface area contributed by atoms with Crippen molar-refractivity contribution in [2.24, 2.45) is 5.92 Å². The molecule has 0 saturated carbocycles. The predicted octanol–water partition coefficient (Wildman–Crippen LogP) is 2.10. The van der Waals surface area contributed by atoms with Gasteiger partial charge in [-0.15, -0.1) is 0 Å². The first-order valence-electron chi connectivity index (χ1n) is 11.1. The molecule has 2 aliphatic heterocycles. The van der Waals surface area contributed by atoms with Gasteiger partial charge in [0.1, 0.15) is 11.6 Å². The number of carbonyl (C=O) groups is 2. The molecule has 10 heteroatoms. The van der Waals surface area contributed by atoms with Gasteiger partial charge < -0.3 is 25.0 Å². The SMILES string of the molecule is C[C@@H](Oc1nc(-c2ccc(N3CCN(C(=O)O)CC3)cc2)cn2nccc12)C1CNC(=O)C1. The molecule has 33 heavy (non-hydrogen) atoms. The lowest BCUT2D eigenvalue weighted by Gasteiger charge is -2.34. The molecule has 0 spiro atoms. The van der Waals surface area contributed by atoms with Crippen molar-refractivity contribution in [3.8, 4) is 17.1 Å². The third-order valence-corrected chi connectivity index (χ3v) is 6.40. The molecule has 0 bridgehead atoms. The molecule has 1 unspecified atom stereocenters. The molecule has 2 N–H and O–H groups in total. The minimum atomic E-state index is -0.867. The third kappa shape index (κ3) is 4.28. The topological polar surface area (TPSA) is 112 Å². The summed E-state index contributed by atoms with van der Waals surface area (Å²) in [7, 11) is 0. The molecule has 2 atom stereocenters. The van der Waals surface area contributed by atoms with Gasteiger partial charge in [-0.25, -0.2) is 14.3 Å². The van der Waals surface area contributed by atoms with Gasteiger partial charge in [-0.2, -0.15) is 5.10 Å². The van der Waals surface area contributed by atoms with Crippen LogP contribution >= 0.6 is 0 Å². The summed E-state index contributed by atoms with van der Waals surface area (Å²) < 4.78 is 7.96. The van der Waals surface area contributed by atoms with Crippen molar-refractivity contribution in [3.05, 3.63) is 42.7 Å². The number of piperazine rings is 1. The van der Waals surface area contributed by atoms with E-state index in [0.717, 1.165) is 22.5 Å². The molecule has 1 aromatic carbocycles. The molecule has 10 nitrogen and oxygen atoms in total. The van der Waals surface area contributed by atoms with Crippen molar-refractivity contribution in [2.75, 3.05) is 37.6 Å². The van der Waals surface area contributed by atoms with Crippen LogP contribution in [0.4, 0.5) is 10.5 Å². The Hall–Kier alpha value is -3.82. The number of hydrogen-bond donors (Lipinski definition) is 2. The highest BCUT2D eigenvalue weighted by atomic mass is 16.5. The van der Waals surface area contributed by atoms with E-state index in [0.29, 0.717) is 45.0 Å². The van der Waals surface area contributed by atoms with Gasteiger partial charge in [-0.1, -0.05) is 12.1 Å². The standard InChI is InChI=1S/C23H26N6O4/c1-15(17-12-21(30)24-13-17)33-22-20-6-7-25-29(20)14-19(26-22)16-2-4-18(5-3-16)27-8-10-28(11-9-27)23(31)32/h2-7,14-15,17H,8-13H2,1H3,(H,24,30)(H,31,32)/t15-,17?/m1/s1. The van der Waals surface area contributed by atoms with E-state index in [9.17, 15) is 9.59 Å². The lowest BCUT2D eigenvalue weighted by atomic mass is 10.0. The van der Waals surface area contributed by atoms with E-state index < -0.39 is 6.09 Å². The summed E-state index contributed by atoms with van der Waals surface area (Å²) in [5, 5.41) is 16.3. The number of fused-ring (bicyclic) bond motifs is 1. The molecule has 2 fully saturated rings. The molecule has 5 rings (SSSR count). The normalized spacial score (nSPS) is 19.5. The number of carbonyl (C=O) groups excluding carboxylic acids is 1. The highest BCUT2D eigenvalue weighted by molar-refractivity contribution is 5.78. The van der Waals surface area contributed by atoms with Crippen molar-refractivity contribution in [2.45, 2.75) is 19.4 Å². The number of carboxylic acid groups (broad SMARTS) is 1. The van der Waals surface area contributed by atoms with Crippen molar-refractivity contribution < 1.29 is 19.4 Å². The van der Waals surface area contributed by atoms with Gasteiger partial charge in [0, 0.05) is 56.3 Å². The Morgan fingerprint density at radius 3 is 2.61 bits per heavy atom. The van der Waals surface area contributed by atoms with Crippen LogP contribution in [-0.4, -0.2) is 75.4 Å². The molecule has 0 radical (unpaired) electrons. The fraction of sp³-hybridized carbons (Fsp3) is 0.391. The van der Waals surface area contributed by atoms with E-state index >= 15 is 0 Å². The monoisotopic (exact) mass is 450 g/mol. The molecule has 4 heterocycles. The van der Waals surface area contributed by atoms with E-state index in [1.165, 1.54) is 4.90 Å². The van der Waals surface area contributed by atoms with Crippen LogP contribution in [0.2, 0.25) is 0 Å². The maximum atomic E-state index is 11.6. The number of aromatic nitrogens is 3. The summed E-state index contributed by atoms with van der Waals surface area (Å²) in [6.45, 7) is 4.89. The summed E-state index contributed by atoms with van der Waals surface area (Å²) in [4.78, 5) is 31.1. The number of benzene rings is 1. The van der Waals surface area contributed by atoms with Crippen LogP contribution < -0.4 is 15.0 Å². The summed E-state index contributed by atoms with van der Waals surface area (Å²) in [6.07, 6.45) is 3.00. The summed E-state index contributed by atoms with van der Waals surface area (Å²) in [5.74, 6) is 0.647. The number of hydrogen-bond acceptors (Lipinski definition) is 6. The number of ether oxygens (including phenoxy) is 1. The van der Waals surface area contributed by atoms with E-state index in [1.807, 2.05) is 43.5 Å². The van der Waals surface area contributed by atoms with E-state index in [2.05, 4.69) is 15.3 Å². The Labute approximate surface area is 190 Å². The maximum Gasteiger partial charge on any atom is 0.407 e. The Morgan fingerprint density at radius 1 is 1.18 bits per heavy atom. The lowest BCUT2D eigenvalue weighted by Crippen LogP contribution is -2.48. The number of nitrogens with one attached hydrogen (secondary N) is 1. The summed E-state index contributed by atoms with van der Waals surface area (Å²) >= 11 is 0. The van der Waals surface area contributed by atoms with Crippen molar-refractivity contribution in [3.63, 3.8) is 0 Å². The van der Waals surface area contributed by atoms with Gasteiger partial charge in [-0.05, 0) is 25.1 Å². The van der Waals surface area contributed by atoms with Gasteiger partial charge >= 0.3 is 6.09 Å². The third-order valence-electron chi connectivity index (χ3n) is 6.40. The molecule has 3 aromatic rings. The number of anilines is 1. The van der Waals surface area contributed by atoms with Crippen LogP contribution in [-0.2, 0) is 4.79 Å². The van der Waals surface area contributed by atoms with Gasteiger partial charge in [0.15, 0.2) is 0 Å². The fourth-order valence-electron chi connectivity index (χ4n) is 4.35. The van der Waals surface area contributed by atoms with Gasteiger partial charge in [0.05, 0.1) is 18.1 Å². The van der Waals surface area contributed by atoms with Gasteiger partial charge in [0.2, 0.25) is 11.8 Å². The van der Waals surface area contributed by atoms with Gasteiger partial charge in [0.25, 0.3) is 0 Å². The second-order valence-corrected chi connectivity index (χ2v) is 8.49. The second-order valence-electron chi connectivity index (χ2n) is 8.49. The highest BCUT2D eigenvalue weighted by Crippen LogP contribution is 2.28. The molecule has 172 valence electrons. The Kier molecular flexibility index (Phi) is 5.49. The quantitative estimate of drug-likeness (QED) is 0.612. The molecule has 0 aliphatic carbocycles. The minimum Gasteiger partial charge on any atom is -0.473 e. The Balaban J connectivity index is 1.35. The fourth-order valence-corrected chi connectivity index (χ4v) is 4.35. The average molecular weight is 450 g/mol. The zero-order valence-electron chi connectivity index (χ0n) is 18.3. The second kappa shape index (κ2) is 8.61. The summed E-state index contributed by atoms with van der Waals surface area (Å²) in [5.41, 5.74) is 3.48. The first kappa shape index (κ1) is 21.0. The smallest absolute Gasteiger partial charge is 0.407 e. The van der Waals surface area contributed by atoms with Crippen LogP contribution in [0, 0.1) is 5.92 Å². The highest BCUT2D eigenvalue weighted by Gasteiger charge is 2.29. The van der Waals surface area contributed by atoms with Crippen LogP contribution in [0.1, 0.15) is 13.3 Å². The van der Waals surface area contributed by atoms with Crippen molar-refractivity contribution >= 4 is 23.2 Å². The van der Waals surface area contributed by atoms with Crippen molar-refractivity contribution in [1.82, 2.24) is 24.8 Å². The Morgan fingerprint density at radius 2 is 1.94 bits per heavy atom. The first-order valence-corrected chi connectivity index (χ1v) is 11.1. The molecule has 2 aromatic heterocycles. The van der Waals surface area contributed by atoms with Gasteiger partial charge in [-0.3, -0.25) is 4.79 Å².